The summed E-state index contributed by atoms with van der Waals surface area (Å²) in [6.07, 6.45) is 3.48. The Morgan fingerprint density at radius 2 is 2.07 bits per heavy atom. The van der Waals surface area contributed by atoms with Crippen LogP contribution in [0.2, 0.25) is 5.02 Å². The van der Waals surface area contributed by atoms with Gasteiger partial charge in [0.25, 0.3) is 0 Å². The van der Waals surface area contributed by atoms with Crippen LogP contribution in [-0.4, -0.2) is 47.3 Å². The zero-order chi connectivity index (χ0) is 19.8. The Labute approximate surface area is 169 Å². The minimum atomic E-state index is 0.619. The van der Waals surface area contributed by atoms with E-state index in [2.05, 4.69) is 25.8 Å². The zero-order valence-corrected chi connectivity index (χ0v) is 16.9. The number of pyridine rings is 1. The van der Waals surface area contributed by atoms with Crippen LogP contribution in [0.25, 0.3) is 5.65 Å². The molecule has 0 spiro atoms. The van der Waals surface area contributed by atoms with Gasteiger partial charge in [0.15, 0.2) is 11.6 Å². The first-order valence-electron chi connectivity index (χ1n) is 9.34. The predicted octanol–water partition coefficient (Wildman–Crippen LogP) is 2.73. The maximum Gasteiger partial charge on any atom is 0.191 e. The van der Waals surface area contributed by atoms with Crippen molar-refractivity contribution in [3.05, 3.63) is 59.0 Å². The van der Waals surface area contributed by atoms with Gasteiger partial charge in [0.05, 0.1) is 7.11 Å². The van der Waals surface area contributed by atoms with Gasteiger partial charge in [-0.3, -0.25) is 9.39 Å². The molecule has 3 aromatic rings. The first-order valence-corrected chi connectivity index (χ1v) is 9.72. The topological polar surface area (TPSA) is 75.8 Å². The fourth-order valence-electron chi connectivity index (χ4n) is 2.84. The second-order valence-electron chi connectivity index (χ2n) is 6.19. The van der Waals surface area contributed by atoms with Crippen LogP contribution in [0.3, 0.4) is 0 Å². The molecule has 2 aromatic heterocycles. The molecule has 0 aliphatic carbocycles. The fraction of sp³-hybridized carbons (Fsp3) is 0.350. The molecule has 8 heteroatoms. The van der Waals surface area contributed by atoms with Crippen LogP contribution < -0.4 is 15.4 Å². The maximum absolute atomic E-state index is 6.30. The van der Waals surface area contributed by atoms with E-state index in [1.54, 1.807) is 7.11 Å². The molecule has 2 N–H and O–H groups in total. The number of methoxy groups -OCH3 is 1. The number of aliphatic imine (C=N–C) groups is 1. The van der Waals surface area contributed by atoms with Crippen molar-refractivity contribution in [3.8, 4) is 5.75 Å². The molecule has 28 heavy (non-hydrogen) atoms. The third-order valence-corrected chi connectivity index (χ3v) is 4.63. The number of nitrogens with zero attached hydrogens (tertiary/aromatic N) is 4. The van der Waals surface area contributed by atoms with E-state index in [1.165, 1.54) is 0 Å². The van der Waals surface area contributed by atoms with Gasteiger partial charge < -0.3 is 15.4 Å². The van der Waals surface area contributed by atoms with Crippen molar-refractivity contribution in [1.82, 2.24) is 25.2 Å². The second-order valence-corrected chi connectivity index (χ2v) is 6.60. The number of benzene rings is 1. The summed E-state index contributed by atoms with van der Waals surface area (Å²) in [5.41, 5.74) is 1.92. The molecule has 148 valence electrons. The Bertz CT molecular complexity index is 939. The molecule has 0 saturated heterocycles. The third-order valence-electron chi connectivity index (χ3n) is 4.28. The standard InChI is InChI=1S/C20H25ClN6O/c1-3-22-20(23-11-9-15-7-8-16(28-2)14-17(15)21)24-12-10-19-26-25-18-6-4-5-13-27(18)19/h4-8,13-14H,3,9-12H2,1-2H3,(H2,22,23,24). The summed E-state index contributed by atoms with van der Waals surface area (Å²) in [7, 11) is 1.63. The summed E-state index contributed by atoms with van der Waals surface area (Å²) in [5, 5.41) is 15.7. The number of ether oxygens (including phenoxy) is 1. The van der Waals surface area contributed by atoms with E-state index in [1.807, 2.05) is 53.9 Å². The smallest absolute Gasteiger partial charge is 0.191 e. The Morgan fingerprint density at radius 3 is 2.86 bits per heavy atom. The lowest BCUT2D eigenvalue weighted by Crippen LogP contribution is -2.38. The molecule has 7 nitrogen and oxygen atoms in total. The van der Waals surface area contributed by atoms with Crippen molar-refractivity contribution in [2.45, 2.75) is 19.8 Å². The quantitative estimate of drug-likeness (QED) is 0.449. The van der Waals surface area contributed by atoms with Gasteiger partial charge in [0, 0.05) is 37.3 Å². The zero-order valence-electron chi connectivity index (χ0n) is 16.2. The van der Waals surface area contributed by atoms with Gasteiger partial charge in [-0.1, -0.05) is 23.7 Å². The molecule has 0 fully saturated rings. The SMILES string of the molecule is CCNC(=NCCc1nnc2ccccn12)NCCc1ccc(OC)cc1Cl. The maximum atomic E-state index is 6.30. The van der Waals surface area contributed by atoms with Gasteiger partial charge in [0.1, 0.15) is 11.6 Å². The van der Waals surface area contributed by atoms with Crippen molar-refractivity contribution in [2.75, 3.05) is 26.7 Å². The summed E-state index contributed by atoms with van der Waals surface area (Å²) in [5.74, 6) is 2.44. The molecule has 2 heterocycles. The highest BCUT2D eigenvalue weighted by molar-refractivity contribution is 6.31. The van der Waals surface area contributed by atoms with Crippen molar-refractivity contribution < 1.29 is 4.74 Å². The monoisotopic (exact) mass is 400 g/mol. The Morgan fingerprint density at radius 1 is 1.18 bits per heavy atom. The largest absolute Gasteiger partial charge is 0.497 e. The molecule has 0 saturated carbocycles. The third kappa shape index (κ3) is 5.13. The minimum Gasteiger partial charge on any atom is -0.497 e. The van der Waals surface area contributed by atoms with E-state index in [9.17, 15) is 0 Å². The minimum absolute atomic E-state index is 0.619. The van der Waals surface area contributed by atoms with Crippen LogP contribution in [0.4, 0.5) is 0 Å². The van der Waals surface area contributed by atoms with Crippen LogP contribution in [0, 0.1) is 0 Å². The summed E-state index contributed by atoms with van der Waals surface area (Å²) < 4.78 is 7.17. The van der Waals surface area contributed by atoms with Crippen LogP contribution in [0.15, 0.2) is 47.6 Å². The molecular formula is C20H25ClN6O. The van der Waals surface area contributed by atoms with Crippen LogP contribution in [-0.2, 0) is 12.8 Å². The van der Waals surface area contributed by atoms with Crippen molar-refractivity contribution in [1.29, 1.82) is 0 Å². The lowest BCUT2D eigenvalue weighted by Gasteiger charge is -2.12. The van der Waals surface area contributed by atoms with E-state index in [-0.39, 0.29) is 0 Å². The number of guanidine groups is 1. The van der Waals surface area contributed by atoms with E-state index < -0.39 is 0 Å². The van der Waals surface area contributed by atoms with Gasteiger partial charge in [-0.25, -0.2) is 0 Å². The number of halogens is 1. The highest BCUT2D eigenvalue weighted by Crippen LogP contribution is 2.22. The summed E-state index contributed by atoms with van der Waals surface area (Å²) >= 11 is 6.30. The highest BCUT2D eigenvalue weighted by Gasteiger charge is 2.05. The predicted molar refractivity (Wildman–Crippen MR) is 112 cm³/mol. The number of nitrogens with one attached hydrogen (secondary N) is 2. The van der Waals surface area contributed by atoms with E-state index in [4.69, 9.17) is 16.3 Å². The molecular weight excluding hydrogens is 376 g/mol. The van der Waals surface area contributed by atoms with Crippen LogP contribution >= 0.6 is 11.6 Å². The van der Waals surface area contributed by atoms with Gasteiger partial charge in [0.2, 0.25) is 0 Å². The molecule has 0 atom stereocenters. The van der Waals surface area contributed by atoms with Crippen molar-refractivity contribution in [3.63, 3.8) is 0 Å². The molecule has 0 radical (unpaired) electrons. The molecule has 0 aliphatic rings. The van der Waals surface area contributed by atoms with Crippen molar-refractivity contribution >= 4 is 23.2 Å². The van der Waals surface area contributed by atoms with E-state index >= 15 is 0 Å². The molecule has 0 aliphatic heterocycles. The number of rotatable bonds is 8. The molecule has 0 amide bonds. The highest BCUT2D eigenvalue weighted by atomic mass is 35.5. The lowest BCUT2D eigenvalue weighted by atomic mass is 10.1. The average Bonchev–Trinajstić information content (AvgIpc) is 3.12. The Kier molecular flexibility index (Phi) is 7.08. The van der Waals surface area contributed by atoms with Crippen molar-refractivity contribution in [2.24, 2.45) is 4.99 Å². The number of hydrogen-bond acceptors (Lipinski definition) is 4. The molecule has 1 aromatic carbocycles. The van der Waals surface area contributed by atoms with Crippen LogP contribution in [0.5, 0.6) is 5.75 Å². The first kappa shape index (κ1) is 19.9. The summed E-state index contributed by atoms with van der Waals surface area (Å²) in [6.45, 7) is 4.19. The fourth-order valence-corrected chi connectivity index (χ4v) is 3.11. The normalized spacial score (nSPS) is 11.6. The molecule has 0 bridgehead atoms. The summed E-state index contributed by atoms with van der Waals surface area (Å²) in [6, 6.07) is 11.6. The van der Waals surface area contributed by atoms with E-state index in [0.717, 1.165) is 48.3 Å². The number of hydrogen-bond donors (Lipinski definition) is 2. The summed E-state index contributed by atoms with van der Waals surface area (Å²) in [4.78, 5) is 4.64. The second kappa shape index (κ2) is 9.94. The Balaban J connectivity index is 1.54. The van der Waals surface area contributed by atoms with Crippen LogP contribution in [0.1, 0.15) is 18.3 Å². The Hall–Kier alpha value is -2.80. The lowest BCUT2D eigenvalue weighted by molar-refractivity contribution is 0.414. The van der Waals surface area contributed by atoms with Gasteiger partial charge in [-0.15, -0.1) is 10.2 Å². The molecule has 3 rings (SSSR count). The van der Waals surface area contributed by atoms with Gasteiger partial charge in [-0.05, 0) is 43.2 Å². The van der Waals surface area contributed by atoms with E-state index in [0.29, 0.717) is 18.0 Å². The van der Waals surface area contributed by atoms with Gasteiger partial charge in [-0.2, -0.15) is 0 Å². The average molecular weight is 401 g/mol. The van der Waals surface area contributed by atoms with Gasteiger partial charge >= 0.3 is 0 Å². The number of fused-ring (bicyclic) bond motifs is 1. The molecule has 0 unspecified atom stereocenters. The number of aromatic nitrogens is 3. The first-order chi connectivity index (χ1) is 13.7.